The van der Waals surface area contributed by atoms with Crippen molar-refractivity contribution in [3.63, 3.8) is 0 Å². The Morgan fingerprint density at radius 3 is 2.92 bits per heavy atom. The number of nitrogens with zero attached hydrogens (tertiary/aromatic N) is 3. The summed E-state index contributed by atoms with van der Waals surface area (Å²) in [6, 6.07) is 9.23. The number of aryl methyl sites for hydroxylation is 2. The maximum absolute atomic E-state index is 12.0. The number of amides is 1. The van der Waals surface area contributed by atoms with E-state index in [1.54, 1.807) is 10.9 Å². The van der Waals surface area contributed by atoms with Gasteiger partial charge in [-0.15, -0.1) is 5.10 Å². The van der Waals surface area contributed by atoms with Gasteiger partial charge >= 0.3 is 5.97 Å². The second-order valence-electron chi connectivity index (χ2n) is 5.83. The molecule has 0 aliphatic heterocycles. The molecule has 0 fully saturated rings. The van der Waals surface area contributed by atoms with Crippen LogP contribution in [0.15, 0.2) is 47.2 Å². The van der Waals surface area contributed by atoms with Gasteiger partial charge in [-0.25, -0.2) is 9.48 Å². The molecular weight excluding hydrogens is 336 g/mol. The fourth-order valence-corrected chi connectivity index (χ4v) is 2.49. The van der Waals surface area contributed by atoms with Crippen LogP contribution in [0.3, 0.4) is 0 Å². The van der Waals surface area contributed by atoms with Gasteiger partial charge in [0.1, 0.15) is 11.3 Å². The molecule has 2 heterocycles. The predicted molar refractivity (Wildman–Crippen MR) is 91.9 cm³/mol. The Balaban J connectivity index is 1.52. The molecule has 3 aromatic rings. The third-order valence-electron chi connectivity index (χ3n) is 3.84. The van der Waals surface area contributed by atoms with Gasteiger partial charge in [0, 0.05) is 12.8 Å². The highest BCUT2D eigenvalue weighted by atomic mass is 16.4. The summed E-state index contributed by atoms with van der Waals surface area (Å²) in [4.78, 5) is 22.9. The summed E-state index contributed by atoms with van der Waals surface area (Å²) in [5.74, 6) is -1.09. The summed E-state index contributed by atoms with van der Waals surface area (Å²) in [6.45, 7) is 2.03. The minimum absolute atomic E-state index is 0.0312. The van der Waals surface area contributed by atoms with E-state index in [2.05, 4.69) is 15.6 Å². The lowest BCUT2D eigenvalue weighted by Crippen LogP contribution is -2.23. The Morgan fingerprint density at radius 2 is 2.15 bits per heavy atom. The number of carbonyl (C=O) groups is 2. The van der Waals surface area contributed by atoms with Crippen molar-refractivity contribution >= 4 is 11.9 Å². The zero-order valence-corrected chi connectivity index (χ0v) is 14.2. The van der Waals surface area contributed by atoms with Crippen LogP contribution >= 0.6 is 0 Å². The minimum Gasteiger partial charge on any atom is -0.478 e. The molecule has 0 aliphatic carbocycles. The first-order valence-corrected chi connectivity index (χ1v) is 8.07. The van der Waals surface area contributed by atoms with Gasteiger partial charge in [0.05, 0.1) is 30.4 Å². The van der Waals surface area contributed by atoms with Crippen LogP contribution in [0.4, 0.5) is 0 Å². The average molecular weight is 354 g/mol. The molecular formula is C18H18N4O4. The van der Waals surface area contributed by atoms with Gasteiger partial charge < -0.3 is 14.8 Å². The number of hydrogen-bond donors (Lipinski definition) is 2. The normalized spacial score (nSPS) is 10.7. The zero-order chi connectivity index (χ0) is 18.5. The molecule has 1 amide bonds. The first-order chi connectivity index (χ1) is 12.5. The molecule has 26 heavy (non-hydrogen) atoms. The number of nitrogens with one attached hydrogen (secondary N) is 1. The minimum atomic E-state index is -1.09. The Labute approximate surface area is 149 Å². The predicted octanol–water partition coefficient (Wildman–Crippen LogP) is 2.12. The molecule has 8 heteroatoms. The van der Waals surface area contributed by atoms with Crippen molar-refractivity contribution in [3.05, 3.63) is 65.4 Å². The van der Waals surface area contributed by atoms with Crippen LogP contribution in [0.25, 0.3) is 5.69 Å². The number of hydrogen-bond acceptors (Lipinski definition) is 5. The van der Waals surface area contributed by atoms with Gasteiger partial charge in [0.25, 0.3) is 0 Å². The lowest BCUT2D eigenvalue weighted by atomic mass is 10.2. The fourth-order valence-electron chi connectivity index (χ4n) is 2.49. The average Bonchev–Trinajstić information content (AvgIpc) is 3.27. The molecule has 3 rings (SSSR count). The van der Waals surface area contributed by atoms with Crippen molar-refractivity contribution in [1.29, 1.82) is 0 Å². The van der Waals surface area contributed by atoms with Crippen LogP contribution < -0.4 is 5.32 Å². The van der Waals surface area contributed by atoms with Crippen molar-refractivity contribution in [2.75, 3.05) is 0 Å². The molecule has 2 N–H and O–H groups in total. The summed E-state index contributed by atoms with van der Waals surface area (Å²) in [5.41, 5.74) is 2.78. The molecule has 2 aromatic heterocycles. The third kappa shape index (κ3) is 4.15. The standard InChI is InChI=1S/C18H18N4O4/c1-12-3-2-4-14(9-12)22-11-13(20-21-22)5-6-17(23)19-10-16-15(18(24)25)7-8-26-16/h2-4,7-9,11H,5-6,10H2,1H3,(H,19,23)(H,24,25). The molecule has 0 radical (unpaired) electrons. The van der Waals surface area contributed by atoms with Gasteiger partial charge in [-0.05, 0) is 30.7 Å². The number of carboxylic acids is 1. The first kappa shape index (κ1) is 17.4. The molecule has 0 saturated carbocycles. The quantitative estimate of drug-likeness (QED) is 0.672. The monoisotopic (exact) mass is 354 g/mol. The molecule has 0 aliphatic rings. The van der Waals surface area contributed by atoms with Gasteiger partial charge in [-0.3, -0.25) is 4.79 Å². The fraction of sp³-hybridized carbons (Fsp3) is 0.222. The van der Waals surface area contributed by atoms with Crippen molar-refractivity contribution < 1.29 is 19.1 Å². The van der Waals surface area contributed by atoms with E-state index in [0.717, 1.165) is 11.3 Å². The van der Waals surface area contributed by atoms with Gasteiger partial charge in [0.15, 0.2) is 0 Å². The summed E-state index contributed by atoms with van der Waals surface area (Å²) in [7, 11) is 0. The van der Waals surface area contributed by atoms with E-state index < -0.39 is 5.97 Å². The summed E-state index contributed by atoms with van der Waals surface area (Å²) < 4.78 is 6.75. The van der Waals surface area contributed by atoms with E-state index in [0.29, 0.717) is 12.1 Å². The van der Waals surface area contributed by atoms with Gasteiger partial charge in [-0.1, -0.05) is 17.3 Å². The second kappa shape index (κ2) is 7.64. The Bertz CT molecular complexity index is 929. The van der Waals surface area contributed by atoms with Crippen molar-refractivity contribution in [2.24, 2.45) is 0 Å². The van der Waals surface area contributed by atoms with E-state index in [1.807, 2.05) is 31.2 Å². The van der Waals surface area contributed by atoms with E-state index in [1.165, 1.54) is 12.3 Å². The smallest absolute Gasteiger partial charge is 0.339 e. The van der Waals surface area contributed by atoms with Crippen LogP contribution in [-0.4, -0.2) is 32.0 Å². The summed E-state index contributed by atoms with van der Waals surface area (Å²) in [6.07, 6.45) is 3.73. The number of benzene rings is 1. The van der Waals surface area contributed by atoms with Crippen LogP contribution in [0.5, 0.6) is 0 Å². The second-order valence-corrected chi connectivity index (χ2v) is 5.83. The molecule has 0 bridgehead atoms. The molecule has 134 valence electrons. The number of aromatic nitrogens is 3. The van der Waals surface area contributed by atoms with Crippen LogP contribution in [0.2, 0.25) is 0 Å². The molecule has 0 spiro atoms. The zero-order valence-electron chi connectivity index (χ0n) is 14.2. The van der Waals surface area contributed by atoms with Crippen molar-refractivity contribution in [3.8, 4) is 5.69 Å². The molecule has 1 aromatic carbocycles. The molecule has 0 saturated heterocycles. The maximum atomic E-state index is 12.0. The summed E-state index contributed by atoms with van der Waals surface area (Å²) in [5, 5.41) is 19.8. The van der Waals surface area contributed by atoms with Crippen LogP contribution in [0.1, 0.15) is 33.8 Å². The highest BCUT2D eigenvalue weighted by molar-refractivity contribution is 5.88. The van der Waals surface area contributed by atoms with E-state index in [-0.39, 0.29) is 30.2 Å². The third-order valence-corrected chi connectivity index (χ3v) is 3.84. The number of carbonyl (C=O) groups excluding carboxylic acids is 1. The lowest BCUT2D eigenvalue weighted by molar-refractivity contribution is -0.121. The van der Waals surface area contributed by atoms with Gasteiger partial charge in [-0.2, -0.15) is 0 Å². The highest BCUT2D eigenvalue weighted by Crippen LogP contribution is 2.11. The molecule has 0 atom stereocenters. The van der Waals surface area contributed by atoms with Crippen LogP contribution in [-0.2, 0) is 17.8 Å². The number of furan rings is 1. The highest BCUT2D eigenvalue weighted by Gasteiger charge is 2.14. The molecule has 8 nitrogen and oxygen atoms in total. The Morgan fingerprint density at radius 1 is 1.31 bits per heavy atom. The molecule has 0 unspecified atom stereocenters. The Kier molecular flexibility index (Phi) is 5.12. The summed E-state index contributed by atoms with van der Waals surface area (Å²) >= 11 is 0. The lowest BCUT2D eigenvalue weighted by Gasteiger charge is -2.03. The topological polar surface area (TPSA) is 110 Å². The largest absolute Gasteiger partial charge is 0.478 e. The van der Waals surface area contributed by atoms with E-state index in [4.69, 9.17) is 9.52 Å². The van der Waals surface area contributed by atoms with E-state index in [9.17, 15) is 9.59 Å². The van der Waals surface area contributed by atoms with Gasteiger partial charge in [0.2, 0.25) is 5.91 Å². The van der Waals surface area contributed by atoms with Crippen molar-refractivity contribution in [1.82, 2.24) is 20.3 Å². The van der Waals surface area contributed by atoms with Crippen molar-refractivity contribution in [2.45, 2.75) is 26.3 Å². The van der Waals surface area contributed by atoms with Crippen LogP contribution in [0, 0.1) is 6.92 Å². The first-order valence-electron chi connectivity index (χ1n) is 8.07. The Hall–Kier alpha value is -3.42. The number of aromatic carboxylic acids is 1. The number of carboxylic acid groups (broad SMARTS) is 1. The maximum Gasteiger partial charge on any atom is 0.339 e. The number of rotatable bonds is 7. The van der Waals surface area contributed by atoms with E-state index >= 15 is 0 Å². The SMILES string of the molecule is Cc1cccc(-n2cc(CCC(=O)NCc3occc3C(=O)O)nn2)c1.